The van der Waals surface area contributed by atoms with Crippen LogP contribution in [-0.4, -0.2) is 26.7 Å². The van der Waals surface area contributed by atoms with Gasteiger partial charge in [0.25, 0.3) is 0 Å². The normalized spacial score (nSPS) is 10.4. The van der Waals surface area contributed by atoms with Crippen LogP contribution in [0.15, 0.2) is 17.0 Å². The first-order valence-corrected chi connectivity index (χ1v) is 4.81. The highest BCUT2D eigenvalue weighted by atomic mass is 35.5. The van der Waals surface area contributed by atoms with Gasteiger partial charge >= 0.3 is 0 Å². The molecule has 0 radical (unpaired) electrons. The molecule has 0 saturated heterocycles. The molecular formula is C8H7ClFN5O. The van der Waals surface area contributed by atoms with Gasteiger partial charge in [0.2, 0.25) is 11.2 Å². The Kier molecular flexibility index (Phi) is 3.25. The summed E-state index contributed by atoms with van der Waals surface area (Å²) < 4.78 is 17.9. The van der Waals surface area contributed by atoms with E-state index in [9.17, 15) is 4.39 Å². The van der Waals surface area contributed by atoms with Crippen molar-refractivity contribution in [1.29, 1.82) is 0 Å². The third-order valence-corrected chi connectivity index (χ3v) is 1.94. The average molecular weight is 244 g/mol. The van der Waals surface area contributed by atoms with Gasteiger partial charge in [-0.3, -0.25) is 0 Å². The van der Waals surface area contributed by atoms with Crippen molar-refractivity contribution in [2.45, 2.75) is 6.42 Å². The van der Waals surface area contributed by atoms with Crippen LogP contribution < -0.4 is 5.32 Å². The van der Waals surface area contributed by atoms with E-state index < -0.39 is 5.82 Å². The molecule has 0 aliphatic carbocycles. The van der Waals surface area contributed by atoms with Crippen LogP contribution >= 0.6 is 11.6 Å². The molecule has 0 fully saturated rings. The maximum Gasteiger partial charge on any atom is 0.228 e. The van der Waals surface area contributed by atoms with Crippen LogP contribution in [0.4, 0.5) is 10.2 Å². The van der Waals surface area contributed by atoms with Gasteiger partial charge in [-0.1, -0.05) is 5.16 Å². The molecule has 0 aromatic carbocycles. The van der Waals surface area contributed by atoms with Crippen LogP contribution in [0.25, 0.3) is 0 Å². The van der Waals surface area contributed by atoms with E-state index in [2.05, 4.69) is 25.4 Å². The van der Waals surface area contributed by atoms with Crippen molar-refractivity contribution in [3.63, 3.8) is 0 Å². The number of nitrogens with zero attached hydrogens (tertiary/aromatic N) is 4. The van der Waals surface area contributed by atoms with Crippen molar-refractivity contribution in [2.75, 3.05) is 11.9 Å². The summed E-state index contributed by atoms with van der Waals surface area (Å²) in [7, 11) is 0. The van der Waals surface area contributed by atoms with Crippen molar-refractivity contribution in [3.8, 4) is 0 Å². The number of hydrogen-bond acceptors (Lipinski definition) is 6. The predicted octanol–water partition coefficient (Wildman–Crippen LogP) is 1.31. The lowest BCUT2D eigenvalue weighted by Crippen LogP contribution is -2.08. The molecule has 8 heteroatoms. The van der Waals surface area contributed by atoms with Crippen LogP contribution in [-0.2, 0) is 6.42 Å². The first-order valence-electron chi connectivity index (χ1n) is 4.43. The molecule has 0 aliphatic rings. The second-order valence-electron chi connectivity index (χ2n) is 2.85. The third-order valence-electron chi connectivity index (χ3n) is 1.75. The largest absolute Gasteiger partial charge is 0.367 e. The average Bonchev–Trinajstić information content (AvgIpc) is 2.76. The van der Waals surface area contributed by atoms with Crippen LogP contribution in [0.1, 0.15) is 5.89 Å². The molecule has 0 unspecified atom stereocenters. The number of anilines is 1. The van der Waals surface area contributed by atoms with Gasteiger partial charge in [-0.05, 0) is 11.6 Å². The van der Waals surface area contributed by atoms with E-state index in [-0.39, 0.29) is 11.1 Å². The Balaban J connectivity index is 1.92. The summed E-state index contributed by atoms with van der Waals surface area (Å²) in [6.45, 7) is 0.409. The molecule has 2 heterocycles. The van der Waals surface area contributed by atoms with Crippen molar-refractivity contribution in [3.05, 3.63) is 29.5 Å². The summed E-state index contributed by atoms with van der Waals surface area (Å²) in [5, 5.41) is 6.19. The number of hydrogen-bond donors (Lipinski definition) is 1. The zero-order valence-electron chi connectivity index (χ0n) is 8.02. The van der Waals surface area contributed by atoms with E-state index in [4.69, 9.17) is 16.1 Å². The number of nitrogens with one attached hydrogen (secondary N) is 1. The highest BCUT2D eigenvalue weighted by Crippen LogP contribution is 2.11. The molecule has 6 nitrogen and oxygen atoms in total. The molecule has 0 amide bonds. The van der Waals surface area contributed by atoms with Crippen LogP contribution in [0.5, 0.6) is 0 Å². The molecule has 2 rings (SSSR count). The van der Waals surface area contributed by atoms with Crippen molar-refractivity contribution < 1.29 is 8.91 Å². The minimum absolute atomic E-state index is 0.0123. The zero-order valence-corrected chi connectivity index (χ0v) is 8.78. The lowest BCUT2D eigenvalue weighted by atomic mass is 10.4. The molecule has 16 heavy (non-hydrogen) atoms. The molecule has 2 aromatic heterocycles. The fraction of sp³-hybridized carbons (Fsp3) is 0.250. The first kappa shape index (κ1) is 10.7. The van der Waals surface area contributed by atoms with Crippen LogP contribution in [0.2, 0.25) is 5.28 Å². The van der Waals surface area contributed by atoms with Gasteiger partial charge in [-0.25, -0.2) is 9.37 Å². The van der Waals surface area contributed by atoms with Crippen molar-refractivity contribution >= 4 is 17.4 Å². The van der Waals surface area contributed by atoms with E-state index >= 15 is 0 Å². The summed E-state index contributed by atoms with van der Waals surface area (Å²) in [5.74, 6) is -0.0393. The summed E-state index contributed by atoms with van der Waals surface area (Å²) in [6, 6.07) is 0. The molecule has 0 spiro atoms. The maximum absolute atomic E-state index is 13.1. The van der Waals surface area contributed by atoms with E-state index in [1.54, 1.807) is 0 Å². The standard InChI is InChI=1S/C8H7ClFN5O/c9-8-12-3-5(10)7(15-8)11-2-1-6-13-4-14-16-6/h3-4H,1-2H2,(H,11,12,15). The minimum Gasteiger partial charge on any atom is -0.367 e. The summed E-state index contributed by atoms with van der Waals surface area (Å²) in [6.07, 6.45) is 2.78. The monoisotopic (exact) mass is 243 g/mol. The van der Waals surface area contributed by atoms with Gasteiger partial charge in [0, 0.05) is 13.0 Å². The minimum atomic E-state index is -0.560. The predicted molar refractivity (Wildman–Crippen MR) is 53.5 cm³/mol. The summed E-state index contributed by atoms with van der Waals surface area (Å²) in [4.78, 5) is 11.0. The summed E-state index contributed by atoms with van der Waals surface area (Å²) >= 11 is 5.53. The van der Waals surface area contributed by atoms with Gasteiger partial charge in [-0.2, -0.15) is 9.97 Å². The Morgan fingerprint density at radius 3 is 3.06 bits per heavy atom. The zero-order chi connectivity index (χ0) is 11.4. The lowest BCUT2D eigenvalue weighted by Gasteiger charge is -2.04. The fourth-order valence-electron chi connectivity index (χ4n) is 1.06. The second-order valence-corrected chi connectivity index (χ2v) is 3.19. The molecule has 2 aromatic rings. The Labute approximate surface area is 94.9 Å². The Hall–Kier alpha value is -1.76. The SMILES string of the molecule is Fc1cnc(Cl)nc1NCCc1ncno1. The maximum atomic E-state index is 13.1. The quantitative estimate of drug-likeness (QED) is 0.816. The Morgan fingerprint density at radius 1 is 1.44 bits per heavy atom. The second kappa shape index (κ2) is 4.84. The van der Waals surface area contributed by atoms with Gasteiger partial charge in [0.15, 0.2) is 18.0 Å². The summed E-state index contributed by atoms with van der Waals surface area (Å²) in [5.41, 5.74) is 0. The lowest BCUT2D eigenvalue weighted by molar-refractivity contribution is 0.379. The number of aromatic nitrogens is 4. The van der Waals surface area contributed by atoms with Crippen molar-refractivity contribution in [1.82, 2.24) is 20.1 Å². The molecular weight excluding hydrogens is 237 g/mol. The van der Waals surface area contributed by atoms with E-state index in [1.807, 2.05) is 0 Å². The van der Waals surface area contributed by atoms with E-state index in [0.29, 0.717) is 18.9 Å². The number of rotatable bonds is 4. The third kappa shape index (κ3) is 2.63. The van der Waals surface area contributed by atoms with Gasteiger partial charge < -0.3 is 9.84 Å². The Bertz CT molecular complexity index is 463. The molecule has 0 saturated carbocycles. The highest BCUT2D eigenvalue weighted by Gasteiger charge is 2.05. The molecule has 1 N–H and O–H groups in total. The van der Waals surface area contributed by atoms with Crippen LogP contribution in [0.3, 0.4) is 0 Å². The van der Waals surface area contributed by atoms with E-state index in [1.165, 1.54) is 6.33 Å². The highest BCUT2D eigenvalue weighted by molar-refractivity contribution is 6.28. The topological polar surface area (TPSA) is 76.7 Å². The van der Waals surface area contributed by atoms with E-state index in [0.717, 1.165) is 6.20 Å². The van der Waals surface area contributed by atoms with Crippen molar-refractivity contribution in [2.24, 2.45) is 0 Å². The molecule has 0 aliphatic heterocycles. The number of halogens is 2. The smallest absolute Gasteiger partial charge is 0.228 e. The Morgan fingerprint density at radius 2 is 2.31 bits per heavy atom. The van der Waals surface area contributed by atoms with Crippen LogP contribution in [0, 0.1) is 5.82 Å². The first-order chi connectivity index (χ1) is 7.75. The molecule has 0 atom stereocenters. The molecule has 84 valence electrons. The van der Waals surface area contributed by atoms with Gasteiger partial charge in [0.05, 0.1) is 6.20 Å². The fourth-order valence-corrected chi connectivity index (χ4v) is 1.20. The van der Waals surface area contributed by atoms with Gasteiger partial charge in [-0.15, -0.1) is 0 Å². The van der Waals surface area contributed by atoms with Gasteiger partial charge in [0.1, 0.15) is 0 Å². The molecule has 0 bridgehead atoms.